The van der Waals surface area contributed by atoms with Gasteiger partial charge in [0.25, 0.3) is 5.91 Å². The van der Waals surface area contributed by atoms with Gasteiger partial charge in [-0.05, 0) is 44.0 Å². The van der Waals surface area contributed by atoms with E-state index in [4.69, 9.17) is 4.74 Å². The number of piperazine rings is 1. The molecule has 10 nitrogen and oxygen atoms in total. The normalized spacial score (nSPS) is 21.7. The Morgan fingerprint density at radius 1 is 0.789 bits per heavy atom. The lowest BCUT2D eigenvalue weighted by atomic mass is 9.88. The van der Waals surface area contributed by atoms with E-state index >= 15 is 0 Å². The number of ether oxygens (including phenoxy) is 1. The maximum atomic E-state index is 13.4. The van der Waals surface area contributed by atoms with Gasteiger partial charge in [-0.3, -0.25) is 9.59 Å². The molecule has 0 bridgehead atoms. The Balaban J connectivity index is 1.31. The Kier molecular flexibility index (Phi) is 9.01. The summed E-state index contributed by atoms with van der Waals surface area (Å²) in [5.41, 5.74) is 2.23. The SMILES string of the molecule is O=C(Nc1cc(C(=O)N2CCCNCC2)ccc1N1CCN(C(=O)N2CCOCC2)CC1)C1CCCCC1. The Morgan fingerprint density at radius 2 is 1.53 bits per heavy atom. The van der Waals surface area contributed by atoms with E-state index < -0.39 is 0 Å². The van der Waals surface area contributed by atoms with Crippen molar-refractivity contribution >= 4 is 29.2 Å². The third-order valence-electron chi connectivity index (χ3n) is 8.28. The molecule has 0 spiro atoms. The number of hydrogen-bond acceptors (Lipinski definition) is 6. The number of amides is 4. The number of carbonyl (C=O) groups excluding carboxylic acids is 3. The van der Waals surface area contributed by atoms with E-state index in [0.717, 1.165) is 57.4 Å². The third kappa shape index (κ3) is 6.40. The number of rotatable bonds is 4. The number of carbonyl (C=O) groups is 3. The van der Waals surface area contributed by atoms with E-state index in [2.05, 4.69) is 15.5 Å². The molecule has 3 heterocycles. The molecule has 0 aromatic heterocycles. The molecule has 0 unspecified atom stereocenters. The molecule has 4 fully saturated rings. The zero-order valence-corrected chi connectivity index (χ0v) is 22.5. The smallest absolute Gasteiger partial charge is 0.320 e. The Bertz CT molecular complexity index is 976. The minimum Gasteiger partial charge on any atom is -0.378 e. The van der Waals surface area contributed by atoms with Crippen molar-refractivity contribution in [3.63, 3.8) is 0 Å². The predicted octanol–water partition coefficient (Wildman–Crippen LogP) is 2.22. The van der Waals surface area contributed by atoms with Crippen LogP contribution in [0.3, 0.4) is 0 Å². The van der Waals surface area contributed by atoms with Crippen molar-refractivity contribution in [1.29, 1.82) is 0 Å². The fourth-order valence-electron chi connectivity index (χ4n) is 5.97. The van der Waals surface area contributed by atoms with Crippen LogP contribution in [-0.4, -0.2) is 111 Å². The molecule has 10 heteroatoms. The molecule has 2 N–H and O–H groups in total. The molecule has 4 aliphatic rings. The summed E-state index contributed by atoms with van der Waals surface area (Å²) < 4.78 is 5.39. The quantitative estimate of drug-likeness (QED) is 0.625. The van der Waals surface area contributed by atoms with Crippen LogP contribution < -0.4 is 15.5 Å². The molecule has 3 aliphatic heterocycles. The van der Waals surface area contributed by atoms with Gasteiger partial charge in [-0.2, -0.15) is 0 Å². The first kappa shape index (κ1) is 26.7. The minimum atomic E-state index is 0.00865. The van der Waals surface area contributed by atoms with Crippen molar-refractivity contribution in [3.05, 3.63) is 23.8 Å². The van der Waals surface area contributed by atoms with Gasteiger partial charge >= 0.3 is 6.03 Å². The van der Waals surface area contributed by atoms with Crippen LogP contribution in [0.1, 0.15) is 48.9 Å². The average molecular weight is 527 g/mol. The summed E-state index contributed by atoms with van der Waals surface area (Å²) in [6, 6.07) is 5.80. The molecule has 208 valence electrons. The molecule has 5 rings (SSSR count). The lowest BCUT2D eigenvalue weighted by molar-refractivity contribution is -0.120. The maximum absolute atomic E-state index is 13.4. The minimum absolute atomic E-state index is 0.00865. The number of benzene rings is 1. The molecule has 1 aromatic carbocycles. The van der Waals surface area contributed by atoms with E-state index in [1.807, 2.05) is 32.9 Å². The molecule has 1 saturated carbocycles. The van der Waals surface area contributed by atoms with Crippen LogP contribution >= 0.6 is 0 Å². The first-order valence-corrected chi connectivity index (χ1v) is 14.4. The highest BCUT2D eigenvalue weighted by atomic mass is 16.5. The van der Waals surface area contributed by atoms with E-state index in [-0.39, 0.29) is 23.8 Å². The Morgan fingerprint density at radius 3 is 2.29 bits per heavy atom. The molecule has 0 radical (unpaired) electrons. The maximum Gasteiger partial charge on any atom is 0.320 e. The number of nitrogens with zero attached hydrogens (tertiary/aromatic N) is 4. The molecule has 0 atom stereocenters. The summed E-state index contributed by atoms with van der Waals surface area (Å²) in [7, 11) is 0. The lowest BCUT2D eigenvalue weighted by Crippen LogP contribution is -2.55. The van der Waals surface area contributed by atoms with Gasteiger partial charge in [0.1, 0.15) is 0 Å². The molecular weight excluding hydrogens is 484 g/mol. The number of urea groups is 1. The number of nitrogens with one attached hydrogen (secondary N) is 2. The van der Waals surface area contributed by atoms with Crippen molar-refractivity contribution in [2.45, 2.75) is 38.5 Å². The van der Waals surface area contributed by atoms with Crippen molar-refractivity contribution < 1.29 is 19.1 Å². The van der Waals surface area contributed by atoms with Gasteiger partial charge in [0.15, 0.2) is 0 Å². The summed E-state index contributed by atoms with van der Waals surface area (Å²) in [4.78, 5) is 47.5. The fourth-order valence-corrected chi connectivity index (χ4v) is 5.97. The van der Waals surface area contributed by atoms with E-state index in [1.165, 1.54) is 6.42 Å². The molecule has 38 heavy (non-hydrogen) atoms. The largest absolute Gasteiger partial charge is 0.378 e. The van der Waals surface area contributed by atoms with Gasteiger partial charge in [-0.15, -0.1) is 0 Å². The van der Waals surface area contributed by atoms with Gasteiger partial charge in [-0.1, -0.05) is 19.3 Å². The van der Waals surface area contributed by atoms with Crippen LogP contribution in [0, 0.1) is 5.92 Å². The first-order valence-electron chi connectivity index (χ1n) is 14.4. The second-order valence-corrected chi connectivity index (χ2v) is 10.8. The molecule has 1 aliphatic carbocycles. The van der Waals surface area contributed by atoms with Crippen LogP contribution in [0.2, 0.25) is 0 Å². The van der Waals surface area contributed by atoms with Crippen LogP contribution in [0.25, 0.3) is 0 Å². The summed E-state index contributed by atoms with van der Waals surface area (Å²) in [6.45, 7) is 8.18. The Labute approximate surface area is 225 Å². The van der Waals surface area contributed by atoms with Gasteiger partial charge in [0.2, 0.25) is 5.91 Å². The monoisotopic (exact) mass is 526 g/mol. The van der Waals surface area contributed by atoms with E-state index in [0.29, 0.717) is 70.3 Å². The summed E-state index contributed by atoms with van der Waals surface area (Å²) >= 11 is 0. The molecular formula is C28H42N6O4. The highest BCUT2D eigenvalue weighted by Crippen LogP contribution is 2.31. The zero-order chi connectivity index (χ0) is 26.3. The van der Waals surface area contributed by atoms with Gasteiger partial charge in [-0.25, -0.2) is 4.79 Å². The van der Waals surface area contributed by atoms with Crippen molar-refractivity contribution in [2.24, 2.45) is 5.92 Å². The lowest BCUT2D eigenvalue weighted by Gasteiger charge is -2.40. The highest BCUT2D eigenvalue weighted by molar-refractivity contribution is 6.00. The fraction of sp³-hybridized carbons (Fsp3) is 0.679. The Hall–Kier alpha value is -2.85. The van der Waals surface area contributed by atoms with Crippen molar-refractivity contribution in [3.8, 4) is 0 Å². The van der Waals surface area contributed by atoms with Gasteiger partial charge < -0.3 is 35.0 Å². The van der Waals surface area contributed by atoms with Crippen molar-refractivity contribution in [1.82, 2.24) is 20.0 Å². The third-order valence-corrected chi connectivity index (χ3v) is 8.28. The van der Waals surface area contributed by atoms with Crippen LogP contribution in [0.5, 0.6) is 0 Å². The zero-order valence-electron chi connectivity index (χ0n) is 22.5. The molecule has 3 saturated heterocycles. The second-order valence-electron chi connectivity index (χ2n) is 10.8. The van der Waals surface area contributed by atoms with Gasteiger partial charge in [0, 0.05) is 70.4 Å². The second kappa shape index (κ2) is 12.8. The molecule has 1 aromatic rings. The summed E-state index contributed by atoms with van der Waals surface area (Å²) in [5.74, 6) is 0.0839. The van der Waals surface area contributed by atoms with Crippen LogP contribution in [0.15, 0.2) is 18.2 Å². The van der Waals surface area contributed by atoms with Gasteiger partial charge in [0.05, 0.1) is 24.6 Å². The average Bonchev–Trinajstić information content (AvgIpc) is 3.27. The molecule has 4 amide bonds. The number of morpholine rings is 1. The topological polar surface area (TPSA) is 97.5 Å². The number of anilines is 2. The number of hydrogen-bond donors (Lipinski definition) is 2. The van der Waals surface area contributed by atoms with Crippen LogP contribution in [-0.2, 0) is 9.53 Å². The van der Waals surface area contributed by atoms with Crippen LogP contribution in [0.4, 0.5) is 16.2 Å². The summed E-state index contributed by atoms with van der Waals surface area (Å²) in [5, 5.41) is 6.55. The first-order chi connectivity index (χ1) is 18.6. The summed E-state index contributed by atoms with van der Waals surface area (Å²) in [6.07, 6.45) is 6.14. The standard InChI is InChI=1S/C28H42N6O4/c35-26(22-5-2-1-3-6-22)30-24-21-23(27(36)32-11-4-9-29-10-12-32)7-8-25(24)31-13-15-33(16-14-31)28(37)34-17-19-38-20-18-34/h7-8,21-22,29H,1-6,9-20H2,(H,30,35). The highest BCUT2D eigenvalue weighted by Gasteiger charge is 2.29. The predicted molar refractivity (Wildman–Crippen MR) is 147 cm³/mol. The van der Waals surface area contributed by atoms with E-state index in [9.17, 15) is 14.4 Å². The van der Waals surface area contributed by atoms with E-state index in [1.54, 1.807) is 0 Å². The van der Waals surface area contributed by atoms with Crippen molar-refractivity contribution in [2.75, 3.05) is 88.9 Å².